The number of para-hydroxylation sites is 1. The minimum absolute atomic E-state index is 0.0291. The Kier molecular flexibility index (Phi) is 6.70. The van der Waals surface area contributed by atoms with Crippen molar-refractivity contribution in [2.75, 3.05) is 26.2 Å². The molecule has 1 amide bonds. The normalized spacial score (nSPS) is 15.7. The molecule has 0 spiro atoms. The molecule has 1 N–H and O–H groups in total. The van der Waals surface area contributed by atoms with Crippen LogP contribution >= 0.6 is 0 Å². The van der Waals surface area contributed by atoms with Crippen LogP contribution in [0.3, 0.4) is 0 Å². The summed E-state index contributed by atoms with van der Waals surface area (Å²) in [6.07, 6.45) is 2.83. The van der Waals surface area contributed by atoms with E-state index >= 15 is 0 Å². The number of benzene rings is 3. The van der Waals surface area contributed by atoms with E-state index in [2.05, 4.69) is 27.7 Å². The Balaban J connectivity index is 1.19. The van der Waals surface area contributed by atoms with E-state index < -0.39 is 5.97 Å². The van der Waals surface area contributed by atoms with Crippen molar-refractivity contribution in [1.82, 2.24) is 24.3 Å². The second-order valence-corrected chi connectivity index (χ2v) is 11.3. The molecule has 1 saturated heterocycles. The van der Waals surface area contributed by atoms with E-state index in [1.807, 2.05) is 60.4 Å². The van der Waals surface area contributed by atoms with E-state index in [0.29, 0.717) is 35.4 Å². The summed E-state index contributed by atoms with van der Waals surface area (Å²) in [5.41, 5.74) is 4.84. The first kappa shape index (κ1) is 26.3. The third-order valence-electron chi connectivity index (χ3n) is 8.76. The molecule has 3 aromatic carbocycles. The number of hydrogen-bond acceptors (Lipinski definition) is 5. The van der Waals surface area contributed by atoms with Gasteiger partial charge < -0.3 is 14.6 Å². The van der Waals surface area contributed by atoms with Gasteiger partial charge in [-0.25, -0.2) is 9.78 Å². The number of piperazine rings is 1. The van der Waals surface area contributed by atoms with Crippen LogP contribution in [0.1, 0.15) is 50.8 Å². The van der Waals surface area contributed by atoms with Crippen LogP contribution in [0.15, 0.2) is 66.7 Å². The second-order valence-electron chi connectivity index (χ2n) is 11.3. The van der Waals surface area contributed by atoms with Crippen molar-refractivity contribution in [2.24, 2.45) is 0 Å². The molecule has 4 heterocycles. The molecule has 0 aliphatic carbocycles. The maximum Gasteiger partial charge on any atom is 0.336 e. The Hall–Kier alpha value is -4.56. The number of aryl methyl sites for hydroxylation is 1. The van der Waals surface area contributed by atoms with Crippen molar-refractivity contribution >= 4 is 33.6 Å². The molecule has 8 nitrogen and oxygen atoms in total. The quantitative estimate of drug-likeness (QED) is 0.304. The van der Waals surface area contributed by atoms with Gasteiger partial charge >= 0.3 is 5.97 Å². The fraction of sp³-hybridized carbons (Fsp3) is 0.294. The Morgan fingerprint density at radius 2 is 1.62 bits per heavy atom. The lowest BCUT2D eigenvalue weighted by Gasteiger charge is -2.35. The maximum atomic E-state index is 14.2. The molecule has 0 radical (unpaired) electrons. The van der Waals surface area contributed by atoms with E-state index in [0.717, 1.165) is 78.8 Å². The Morgan fingerprint density at radius 1 is 0.857 bits per heavy atom. The fourth-order valence-corrected chi connectivity index (χ4v) is 6.55. The molecule has 42 heavy (non-hydrogen) atoms. The van der Waals surface area contributed by atoms with Crippen molar-refractivity contribution in [2.45, 2.75) is 39.3 Å². The molecule has 0 unspecified atom stereocenters. The van der Waals surface area contributed by atoms with Crippen molar-refractivity contribution in [3.05, 3.63) is 95.1 Å². The highest BCUT2D eigenvalue weighted by Crippen LogP contribution is 2.36. The van der Waals surface area contributed by atoms with Crippen LogP contribution in [0, 0.1) is 6.92 Å². The molecule has 2 aliphatic heterocycles. The lowest BCUT2D eigenvalue weighted by Crippen LogP contribution is -2.48. The number of fused-ring (bicyclic) bond motifs is 3. The van der Waals surface area contributed by atoms with E-state index in [4.69, 9.17) is 9.97 Å². The number of carbonyl (C=O) groups excluding carboxylic acids is 1. The van der Waals surface area contributed by atoms with E-state index in [1.165, 1.54) is 0 Å². The van der Waals surface area contributed by atoms with Gasteiger partial charge in [0.1, 0.15) is 17.2 Å². The summed E-state index contributed by atoms with van der Waals surface area (Å²) in [6, 6.07) is 21.9. The van der Waals surface area contributed by atoms with Gasteiger partial charge in [-0.2, -0.15) is 0 Å². The van der Waals surface area contributed by atoms with Gasteiger partial charge in [0.2, 0.25) is 0 Å². The molecule has 8 heteroatoms. The first-order valence-corrected chi connectivity index (χ1v) is 14.7. The van der Waals surface area contributed by atoms with Crippen molar-refractivity contribution < 1.29 is 14.7 Å². The zero-order valence-corrected chi connectivity index (χ0v) is 23.7. The summed E-state index contributed by atoms with van der Waals surface area (Å²) >= 11 is 0. The van der Waals surface area contributed by atoms with Gasteiger partial charge in [0, 0.05) is 56.6 Å². The van der Waals surface area contributed by atoms with Crippen molar-refractivity contribution in [1.29, 1.82) is 0 Å². The van der Waals surface area contributed by atoms with Gasteiger partial charge in [0.05, 0.1) is 16.8 Å². The molecule has 1 fully saturated rings. The molecular formula is C34H33N5O3. The van der Waals surface area contributed by atoms with Crippen molar-refractivity contribution in [3.8, 4) is 11.3 Å². The van der Waals surface area contributed by atoms with Gasteiger partial charge in [-0.1, -0.05) is 48.5 Å². The lowest BCUT2D eigenvalue weighted by molar-refractivity contribution is 0.0615. The van der Waals surface area contributed by atoms with E-state index in [9.17, 15) is 14.7 Å². The number of pyridine rings is 1. The van der Waals surface area contributed by atoms with Gasteiger partial charge in [-0.15, -0.1) is 0 Å². The minimum atomic E-state index is -0.973. The predicted molar refractivity (Wildman–Crippen MR) is 163 cm³/mol. The first-order chi connectivity index (χ1) is 20.5. The predicted octanol–water partition coefficient (Wildman–Crippen LogP) is 5.55. The smallest absolute Gasteiger partial charge is 0.336 e. The SMILES string of the molecule is Cc1c(-c2nc3n(c2C(=O)N2CCN(Cc4ccc5ccccc5n4)CC2)CCCC3)cc2ccccc2c1C(=O)O. The van der Waals surface area contributed by atoms with Gasteiger partial charge in [0.25, 0.3) is 5.91 Å². The minimum Gasteiger partial charge on any atom is -0.478 e. The third kappa shape index (κ3) is 4.61. The summed E-state index contributed by atoms with van der Waals surface area (Å²) in [7, 11) is 0. The highest BCUT2D eigenvalue weighted by atomic mass is 16.4. The number of amides is 1. The lowest BCUT2D eigenvalue weighted by atomic mass is 9.92. The van der Waals surface area contributed by atoms with E-state index in [-0.39, 0.29) is 11.5 Å². The molecule has 2 aromatic heterocycles. The van der Waals surface area contributed by atoms with Crippen LogP contribution in [-0.4, -0.2) is 67.5 Å². The average molecular weight is 560 g/mol. The fourth-order valence-electron chi connectivity index (χ4n) is 6.55. The highest BCUT2D eigenvalue weighted by Gasteiger charge is 2.32. The average Bonchev–Trinajstić information content (AvgIpc) is 3.40. The Labute approximate surface area is 244 Å². The molecule has 7 rings (SSSR count). The van der Waals surface area contributed by atoms with Crippen LogP contribution in [0.25, 0.3) is 32.9 Å². The summed E-state index contributed by atoms with van der Waals surface area (Å²) in [6.45, 7) is 6.07. The molecule has 212 valence electrons. The Morgan fingerprint density at radius 3 is 2.43 bits per heavy atom. The van der Waals surface area contributed by atoms with Crippen molar-refractivity contribution in [3.63, 3.8) is 0 Å². The first-order valence-electron chi connectivity index (χ1n) is 14.7. The molecule has 0 saturated carbocycles. The maximum absolute atomic E-state index is 14.2. The highest BCUT2D eigenvalue weighted by molar-refractivity contribution is 6.09. The second kappa shape index (κ2) is 10.7. The topological polar surface area (TPSA) is 91.6 Å². The summed E-state index contributed by atoms with van der Waals surface area (Å²) in [5.74, 6) is -0.0944. The van der Waals surface area contributed by atoms with E-state index in [1.54, 1.807) is 0 Å². The molecule has 2 aliphatic rings. The molecule has 0 bridgehead atoms. The number of aromatic nitrogens is 3. The van der Waals surface area contributed by atoms with Gasteiger partial charge in [0.15, 0.2) is 0 Å². The summed E-state index contributed by atoms with van der Waals surface area (Å²) < 4.78 is 2.08. The van der Waals surface area contributed by atoms with Crippen LogP contribution in [0.5, 0.6) is 0 Å². The van der Waals surface area contributed by atoms with Crippen LogP contribution in [-0.2, 0) is 19.5 Å². The number of hydrogen-bond donors (Lipinski definition) is 1. The number of nitrogens with zero attached hydrogens (tertiary/aromatic N) is 5. The zero-order chi connectivity index (χ0) is 28.8. The number of rotatable bonds is 5. The molecule has 5 aromatic rings. The molecular weight excluding hydrogens is 526 g/mol. The number of carboxylic acid groups (broad SMARTS) is 1. The monoisotopic (exact) mass is 559 g/mol. The van der Waals surface area contributed by atoms with Gasteiger partial charge in [-0.3, -0.25) is 14.7 Å². The summed E-state index contributed by atoms with van der Waals surface area (Å²) in [5, 5.41) is 12.8. The largest absolute Gasteiger partial charge is 0.478 e. The number of aromatic carboxylic acids is 1. The number of carboxylic acids is 1. The van der Waals surface area contributed by atoms with Crippen LogP contribution < -0.4 is 0 Å². The number of imidazole rings is 1. The van der Waals surface area contributed by atoms with Crippen LogP contribution in [0.2, 0.25) is 0 Å². The summed E-state index contributed by atoms with van der Waals surface area (Å²) in [4.78, 5) is 40.8. The standard InChI is InChI=1S/C34H33N5O3/c1-22-27(20-24-9-2-4-10-26(24)30(22)34(41)42)31-32(39-15-7-6-12-29(39)36-31)33(40)38-18-16-37(17-19-38)21-25-14-13-23-8-3-5-11-28(23)35-25/h2-5,8-11,13-14,20H,6-7,12,15-19,21H2,1H3,(H,41,42). The van der Waals surface area contributed by atoms with Crippen LogP contribution in [0.4, 0.5) is 0 Å². The number of carbonyl (C=O) groups is 2. The third-order valence-corrected chi connectivity index (χ3v) is 8.76. The van der Waals surface area contributed by atoms with Gasteiger partial charge in [-0.05, 0) is 54.3 Å². The zero-order valence-electron chi connectivity index (χ0n) is 23.7. The Bertz CT molecular complexity index is 1850. The molecule has 0 atom stereocenters.